The molecule has 11 heavy (non-hydrogen) atoms. The molecular weight excluding hydrogens is 158 g/mol. The average Bonchev–Trinajstić information content (AvgIpc) is 2.35. The Balaban J connectivity index is 2.50. The number of hydrogen-bond acceptors (Lipinski definition) is 3. The third-order valence-electron chi connectivity index (χ3n) is 1.50. The van der Waals surface area contributed by atoms with Gasteiger partial charge in [-0.3, -0.25) is 0 Å². The van der Waals surface area contributed by atoms with Gasteiger partial charge in [0.05, 0.1) is 0 Å². The van der Waals surface area contributed by atoms with Crippen LogP contribution in [-0.2, 0) is 6.42 Å². The highest BCUT2D eigenvalue weighted by molar-refractivity contribution is 7.81. The van der Waals surface area contributed by atoms with Gasteiger partial charge in [0.2, 0.25) is 0 Å². The average molecular weight is 171 g/mol. The van der Waals surface area contributed by atoms with Crippen LogP contribution in [0.1, 0.15) is 11.5 Å². The van der Waals surface area contributed by atoms with Crippen molar-refractivity contribution in [3.8, 4) is 0 Å². The predicted octanol–water partition coefficient (Wildman–Crippen LogP) is 1.39. The molecule has 1 aromatic heterocycles. The molecule has 0 bridgehead atoms. The number of aryl methyl sites for hydroxylation is 1. The summed E-state index contributed by atoms with van der Waals surface area (Å²) < 4.78 is 5.35. The zero-order chi connectivity index (χ0) is 8.27. The maximum absolute atomic E-state index is 5.41. The second-order valence-electron chi connectivity index (χ2n) is 2.61. The lowest BCUT2D eigenvalue weighted by Gasteiger charge is -2.03. The summed E-state index contributed by atoms with van der Waals surface area (Å²) in [7, 11) is 0. The first-order valence-electron chi connectivity index (χ1n) is 3.66. The molecule has 1 unspecified atom stereocenters. The minimum atomic E-state index is 0.209. The number of furan rings is 1. The minimum absolute atomic E-state index is 0.209. The zero-order valence-electron chi connectivity index (χ0n) is 6.58. The Hall–Kier alpha value is -0.410. The van der Waals surface area contributed by atoms with E-state index >= 15 is 0 Å². The fourth-order valence-corrected chi connectivity index (χ4v) is 1.09. The van der Waals surface area contributed by atoms with Crippen molar-refractivity contribution in [1.29, 1.82) is 0 Å². The third-order valence-corrected chi connectivity index (χ3v) is 1.90. The predicted molar refractivity (Wildman–Crippen MR) is 49.0 cm³/mol. The first-order valence-corrected chi connectivity index (χ1v) is 4.17. The monoisotopic (exact) mass is 171 g/mol. The smallest absolute Gasteiger partial charge is 0.105 e. The maximum Gasteiger partial charge on any atom is 0.105 e. The molecule has 0 fully saturated rings. The van der Waals surface area contributed by atoms with Gasteiger partial charge in [-0.05, 0) is 19.1 Å². The molecule has 0 aliphatic heterocycles. The van der Waals surface area contributed by atoms with E-state index < -0.39 is 0 Å². The molecule has 0 aromatic carbocycles. The molecule has 1 atom stereocenters. The van der Waals surface area contributed by atoms with Gasteiger partial charge in [0.1, 0.15) is 11.5 Å². The van der Waals surface area contributed by atoms with E-state index in [1.54, 1.807) is 0 Å². The van der Waals surface area contributed by atoms with Crippen LogP contribution in [0, 0.1) is 6.92 Å². The molecule has 1 aromatic rings. The fourth-order valence-electron chi connectivity index (χ4n) is 0.910. The van der Waals surface area contributed by atoms with Crippen LogP contribution in [0.3, 0.4) is 0 Å². The Labute approximate surface area is 72.2 Å². The Bertz CT molecular complexity index is 222. The molecule has 2 N–H and O–H groups in total. The van der Waals surface area contributed by atoms with Crippen LogP contribution in [0.25, 0.3) is 0 Å². The van der Waals surface area contributed by atoms with Crippen molar-refractivity contribution >= 4 is 12.6 Å². The number of hydrogen-bond donors (Lipinski definition) is 2. The van der Waals surface area contributed by atoms with Gasteiger partial charge >= 0.3 is 0 Å². The van der Waals surface area contributed by atoms with Crippen molar-refractivity contribution in [3.05, 3.63) is 23.7 Å². The lowest BCUT2D eigenvalue weighted by atomic mass is 10.2. The van der Waals surface area contributed by atoms with Gasteiger partial charge in [0, 0.05) is 18.2 Å². The van der Waals surface area contributed by atoms with Crippen molar-refractivity contribution in [3.63, 3.8) is 0 Å². The summed E-state index contributed by atoms with van der Waals surface area (Å²) in [5, 5.41) is 0.209. The van der Waals surface area contributed by atoms with E-state index in [0.717, 1.165) is 17.9 Å². The van der Waals surface area contributed by atoms with E-state index in [4.69, 9.17) is 10.2 Å². The molecule has 62 valence electrons. The molecule has 0 saturated carbocycles. The molecule has 2 nitrogen and oxygen atoms in total. The van der Waals surface area contributed by atoms with Gasteiger partial charge in [-0.25, -0.2) is 0 Å². The maximum atomic E-state index is 5.41. The van der Waals surface area contributed by atoms with Crippen LogP contribution in [0.15, 0.2) is 16.5 Å². The van der Waals surface area contributed by atoms with E-state index in [1.807, 2.05) is 19.1 Å². The molecule has 1 rings (SSSR count). The zero-order valence-corrected chi connectivity index (χ0v) is 7.47. The molecule has 0 aliphatic rings. The largest absolute Gasteiger partial charge is 0.466 e. The minimum Gasteiger partial charge on any atom is -0.466 e. The Morgan fingerprint density at radius 2 is 2.36 bits per heavy atom. The van der Waals surface area contributed by atoms with Gasteiger partial charge in [-0.2, -0.15) is 12.6 Å². The lowest BCUT2D eigenvalue weighted by Crippen LogP contribution is -2.16. The highest BCUT2D eigenvalue weighted by Gasteiger charge is 2.04. The van der Waals surface area contributed by atoms with Crippen molar-refractivity contribution in [1.82, 2.24) is 0 Å². The van der Waals surface area contributed by atoms with E-state index in [9.17, 15) is 0 Å². The molecule has 0 saturated heterocycles. The molecule has 0 spiro atoms. The normalized spacial score (nSPS) is 13.4. The van der Waals surface area contributed by atoms with E-state index in [2.05, 4.69) is 12.6 Å². The van der Waals surface area contributed by atoms with Crippen molar-refractivity contribution < 1.29 is 4.42 Å². The third kappa shape index (κ3) is 2.60. The second-order valence-corrected chi connectivity index (χ2v) is 3.34. The summed E-state index contributed by atoms with van der Waals surface area (Å²) in [6, 6.07) is 3.92. The van der Waals surface area contributed by atoms with E-state index in [1.165, 1.54) is 0 Å². The summed E-state index contributed by atoms with van der Waals surface area (Å²) in [5.74, 6) is 1.91. The standard InChI is InChI=1S/C8H13NOS/c1-6-2-3-7(10-6)4-8(11)5-9/h2-3,8,11H,4-5,9H2,1H3. The van der Waals surface area contributed by atoms with Crippen molar-refractivity contribution in [2.24, 2.45) is 5.73 Å². The Morgan fingerprint density at radius 1 is 1.64 bits per heavy atom. The van der Waals surface area contributed by atoms with Gasteiger partial charge in [0.15, 0.2) is 0 Å². The van der Waals surface area contributed by atoms with Crippen LogP contribution < -0.4 is 5.73 Å². The highest BCUT2D eigenvalue weighted by atomic mass is 32.1. The van der Waals surface area contributed by atoms with E-state index in [0.29, 0.717) is 6.54 Å². The van der Waals surface area contributed by atoms with Crippen LogP contribution in [0.5, 0.6) is 0 Å². The van der Waals surface area contributed by atoms with Gasteiger partial charge in [-0.1, -0.05) is 0 Å². The van der Waals surface area contributed by atoms with Crippen molar-refractivity contribution in [2.75, 3.05) is 6.54 Å². The quantitative estimate of drug-likeness (QED) is 0.674. The summed E-state index contributed by atoms with van der Waals surface area (Å²) in [6.45, 7) is 2.52. The number of nitrogens with two attached hydrogens (primary N) is 1. The van der Waals surface area contributed by atoms with Crippen molar-refractivity contribution in [2.45, 2.75) is 18.6 Å². The fraction of sp³-hybridized carbons (Fsp3) is 0.500. The first kappa shape index (κ1) is 8.68. The summed E-state index contributed by atoms with van der Waals surface area (Å²) in [6.07, 6.45) is 0.813. The molecular formula is C8H13NOS. The SMILES string of the molecule is Cc1ccc(CC(S)CN)o1. The topological polar surface area (TPSA) is 39.2 Å². The Morgan fingerprint density at radius 3 is 2.82 bits per heavy atom. The molecule has 0 aliphatic carbocycles. The van der Waals surface area contributed by atoms with Crippen LogP contribution >= 0.6 is 12.6 Å². The van der Waals surface area contributed by atoms with Crippen LogP contribution in [0.2, 0.25) is 0 Å². The van der Waals surface area contributed by atoms with E-state index in [-0.39, 0.29) is 5.25 Å². The number of rotatable bonds is 3. The van der Waals surface area contributed by atoms with Crippen LogP contribution in [-0.4, -0.2) is 11.8 Å². The van der Waals surface area contributed by atoms with Gasteiger partial charge in [0.25, 0.3) is 0 Å². The van der Waals surface area contributed by atoms with Crippen LogP contribution in [0.4, 0.5) is 0 Å². The van der Waals surface area contributed by atoms with Gasteiger partial charge < -0.3 is 10.2 Å². The first-order chi connectivity index (χ1) is 5.22. The second kappa shape index (κ2) is 3.83. The molecule has 0 radical (unpaired) electrons. The summed E-state index contributed by atoms with van der Waals surface area (Å²) in [5.41, 5.74) is 5.41. The summed E-state index contributed by atoms with van der Waals surface area (Å²) >= 11 is 4.27. The molecule has 1 heterocycles. The Kier molecular flexibility index (Phi) is 3.02. The summed E-state index contributed by atoms with van der Waals surface area (Å²) in [4.78, 5) is 0. The number of thiol groups is 1. The highest BCUT2D eigenvalue weighted by Crippen LogP contribution is 2.10. The lowest BCUT2D eigenvalue weighted by molar-refractivity contribution is 0.480. The molecule has 3 heteroatoms. The molecule has 0 amide bonds. The van der Waals surface area contributed by atoms with Gasteiger partial charge in [-0.15, -0.1) is 0 Å².